The highest BCUT2D eigenvalue weighted by atomic mass is 16.3. The molecule has 0 fully saturated rings. The van der Waals surface area contributed by atoms with Crippen molar-refractivity contribution in [2.75, 3.05) is 18.5 Å². The Morgan fingerprint density at radius 3 is 2.94 bits per heavy atom. The molecule has 1 N–H and O–H groups in total. The van der Waals surface area contributed by atoms with Gasteiger partial charge in [-0.05, 0) is 18.6 Å². The third-order valence-electron chi connectivity index (χ3n) is 2.97. The fourth-order valence-electron chi connectivity index (χ4n) is 1.99. The van der Waals surface area contributed by atoms with Crippen molar-refractivity contribution >= 4 is 11.5 Å². The number of rotatable bonds is 5. The first kappa shape index (κ1) is 11.9. The first-order valence-corrected chi connectivity index (χ1v) is 6.06. The predicted octanol–water partition coefficient (Wildman–Crippen LogP) is 2.06. The zero-order valence-corrected chi connectivity index (χ0v) is 10.4. The van der Waals surface area contributed by atoms with Crippen LogP contribution in [-0.4, -0.2) is 28.1 Å². The molecule has 0 unspecified atom stereocenters. The Kier molecular flexibility index (Phi) is 3.64. The maximum absolute atomic E-state index is 9.49. The summed E-state index contributed by atoms with van der Waals surface area (Å²) >= 11 is 0. The molecule has 0 radical (unpaired) electrons. The number of aromatic nitrogens is 2. The molecule has 0 aliphatic heterocycles. The molecular weight excluding hydrogens is 214 g/mol. The summed E-state index contributed by atoms with van der Waals surface area (Å²) in [5.41, 5.74) is 1.74. The van der Waals surface area contributed by atoms with Gasteiger partial charge in [0.15, 0.2) is 5.82 Å². The second kappa shape index (κ2) is 5.19. The molecule has 0 aliphatic rings. The summed E-state index contributed by atoms with van der Waals surface area (Å²) in [6.07, 6.45) is 4.23. The third kappa shape index (κ3) is 2.26. The van der Waals surface area contributed by atoms with Gasteiger partial charge in [-0.15, -0.1) is 0 Å². The number of unbranched alkanes of at least 4 members (excludes halogenated alkanes) is 1. The van der Waals surface area contributed by atoms with Gasteiger partial charge in [0.1, 0.15) is 5.65 Å². The number of hydrogen-bond donors (Lipinski definition) is 1. The number of imidazole rings is 1. The van der Waals surface area contributed by atoms with E-state index in [1.165, 1.54) is 0 Å². The molecule has 2 aromatic rings. The minimum atomic E-state index is 0.0109. The van der Waals surface area contributed by atoms with E-state index in [-0.39, 0.29) is 6.61 Å². The highest BCUT2D eigenvalue weighted by molar-refractivity contribution is 5.55. The fraction of sp³-hybridized carbons (Fsp3) is 0.462. The molecule has 2 aromatic heterocycles. The van der Waals surface area contributed by atoms with Crippen molar-refractivity contribution < 1.29 is 5.11 Å². The molecule has 0 atom stereocenters. The Morgan fingerprint density at radius 2 is 2.24 bits per heavy atom. The van der Waals surface area contributed by atoms with E-state index in [9.17, 15) is 5.11 Å². The summed E-state index contributed by atoms with van der Waals surface area (Å²) < 4.78 is 1.94. The van der Waals surface area contributed by atoms with Gasteiger partial charge in [0, 0.05) is 19.8 Å². The van der Waals surface area contributed by atoms with Crippen molar-refractivity contribution in [3.63, 3.8) is 0 Å². The van der Waals surface area contributed by atoms with Crippen molar-refractivity contribution in [2.45, 2.75) is 26.4 Å². The van der Waals surface area contributed by atoms with E-state index < -0.39 is 0 Å². The van der Waals surface area contributed by atoms with E-state index in [2.05, 4.69) is 16.8 Å². The average Bonchev–Trinajstić information content (AvgIpc) is 2.74. The van der Waals surface area contributed by atoms with Crippen LogP contribution < -0.4 is 4.90 Å². The summed E-state index contributed by atoms with van der Waals surface area (Å²) in [7, 11) is 2.02. The molecule has 17 heavy (non-hydrogen) atoms. The van der Waals surface area contributed by atoms with Gasteiger partial charge in [0.05, 0.1) is 12.3 Å². The van der Waals surface area contributed by atoms with Gasteiger partial charge in [-0.25, -0.2) is 4.98 Å². The topological polar surface area (TPSA) is 40.8 Å². The summed E-state index contributed by atoms with van der Waals surface area (Å²) in [6, 6.07) is 5.86. The van der Waals surface area contributed by atoms with Gasteiger partial charge in [-0.3, -0.25) is 4.40 Å². The normalized spacial score (nSPS) is 11.0. The molecule has 92 valence electrons. The van der Waals surface area contributed by atoms with Crippen LogP contribution >= 0.6 is 0 Å². The molecule has 0 saturated heterocycles. The zero-order valence-electron chi connectivity index (χ0n) is 10.4. The van der Waals surface area contributed by atoms with Gasteiger partial charge >= 0.3 is 0 Å². The van der Waals surface area contributed by atoms with Gasteiger partial charge in [0.2, 0.25) is 0 Å². The minimum Gasteiger partial charge on any atom is -0.390 e. The largest absolute Gasteiger partial charge is 0.390 e. The van der Waals surface area contributed by atoms with Gasteiger partial charge in [-0.2, -0.15) is 0 Å². The lowest BCUT2D eigenvalue weighted by atomic mass is 10.3. The molecule has 0 amide bonds. The summed E-state index contributed by atoms with van der Waals surface area (Å²) in [6.45, 7) is 3.15. The van der Waals surface area contributed by atoms with Crippen molar-refractivity contribution in [1.82, 2.24) is 9.38 Å². The van der Waals surface area contributed by atoms with Gasteiger partial charge in [-0.1, -0.05) is 19.4 Å². The first-order valence-electron chi connectivity index (χ1n) is 6.06. The second-order valence-electron chi connectivity index (χ2n) is 4.24. The Hall–Kier alpha value is -1.55. The highest BCUT2D eigenvalue weighted by Gasteiger charge is 2.13. The van der Waals surface area contributed by atoms with Crippen LogP contribution in [0.15, 0.2) is 24.4 Å². The van der Waals surface area contributed by atoms with Crippen molar-refractivity contribution in [3.8, 4) is 0 Å². The van der Waals surface area contributed by atoms with Crippen LogP contribution in [0.25, 0.3) is 5.65 Å². The van der Waals surface area contributed by atoms with E-state index in [1.807, 2.05) is 35.8 Å². The summed E-state index contributed by atoms with van der Waals surface area (Å²) in [4.78, 5) is 6.68. The minimum absolute atomic E-state index is 0.0109. The van der Waals surface area contributed by atoms with Crippen LogP contribution in [0.3, 0.4) is 0 Å². The van der Waals surface area contributed by atoms with Gasteiger partial charge in [0.25, 0.3) is 0 Å². The van der Waals surface area contributed by atoms with Crippen LogP contribution in [0.2, 0.25) is 0 Å². The number of aliphatic hydroxyl groups excluding tert-OH is 1. The van der Waals surface area contributed by atoms with E-state index in [4.69, 9.17) is 0 Å². The monoisotopic (exact) mass is 233 g/mol. The van der Waals surface area contributed by atoms with Crippen LogP contribution in [0, 0.1) is 0 Å². The Morgan fingerprint density at radius 1 is 1.41 bits per heavy atom. The molecule has 0 saturated carbocycles. The number of aliphatic hydroxyl groups is 1. The van der Waals surface area contributed by atoms with Crippen molar-refractivity contribution in [3.05, 3.63) is 30.1 Å². The first-order chi connectivity index (χ1) is 8.27. The smallest absolute Gasteiger partial charge is 0.153 e. The van der Waals surface area contributed by atoms with E-state index in [0.717, 1.165) is 36.5 Å². The number of pyridine rings is 1. The second-order valence-corrected chi connectivity index (χ2v) is 4.24. The number of fused-ring (bicyclic) bond motifs is 1. The van der Waals surface area contributed by atoms with E-state index >= 15 is 0 Å². The fourth-order valence-corrected chi connectivity index (χ4v) is 1.99. The summed E-state index contributed by atoms with van der Waals surface area (Å²) in [5, 5.41) is 9.49. The Balaban J connectivity index is 2.38. The molecular formula is C13H19N3O. The van der Waals surface area contributed by atoms with Crippen LogP contribution in [0.5, 0.6) is 0 Å². The molecule has 2 rings (SSSR count). The molecule has 4 nitrogen and oxygen atoms in total. The number of nitrogens with zero attached hydrogens (tertiary/aromatic N) is 3. The van der Waals surface area contributed by atoms with Crippen molar-refractivity contribution in [2.24, 2.45) is 0 Å². The molecule has 2 heterocycles. The SMILES string of the molecule is CCCCN(C)c1nc2ccccn2c1CO. The lowest BCUT2D eigenvalue weighted by Crippen LogP contribution is -2.20. The van der Waals surface area contributed by atoms with E-state index in [0.29, 0.717) is 0 Å². The Labute approximate surface area is 102 Å². The molecule has 0 aromatic carbocycles. The molecule has 4 heteroatoms. The molecule has 0 aliphatic carbocycles. The predicted molar refractivity (Wildman–Crippen MR) is 69.3 cm³/mol. The Bertz CT molecular complexity index is 492. The third-order valence-corrected chi connectivity index (χ3v) is 2.97. The maximum atomic E-state index is 9.49. The summed E-state index contributed by atoms with van der Waals surface area (Å²) in [5.74, 6) is 0.882. The molecule has 0 spiro atoms. The standard InChI is InChI=1S/C13H19N3O/c1-3-4-8-15(2)13-11(10-17)16-9-6-5-7-12(16)14-13/h5-7,9,17H,3-4,8,10H2,1-2H3. The van der Waals surface area contributed by atoms with E-state index in [1.54, 1.807) is 0 Å². The average molecular weight is 233 g/mol. The quantitative estimate of drug-likeness (QED) is 0.859. The lowest BCUT2D eigenvalue weighted by Gasteiger charge is -2.17. The number of hydrogen-bond acceptors (Lipinski definition) is 3. The number of anilines is 1. The van der Waals surface area contributed by atoms with Crippen LogP contribution in [0.4, 0.5) is 5.82 Å². The van der Waals surface area contributed by atoms with Crippen molar-refractivity contribution in [1.29, 1.82) is 0 Å². The van der Waals surface area contributed by atoms with Crippen LogP contribution in [0.1, 0.15) is 25.5 Å². The van der Waals surface area contributed by atoms with Crippen LogP contribution in [-0.2, 0) is 6.61 Å². The zero-order chi connectivity index (χ0) is 12.3. The maximum Gasteiger partial charge on any atom is 0.153 e. The molecule has 0 bridgehead atoms. The lowest BCUT2D eigenvalue weighted by molar-refractivity contribution is 0.276. The van der Waals surface area contributed by atoms with Gasteiger partial charge < -0.3 is 10.0 Å². The highest BCUT2D eigenvalue weighted by Crippen LogP contribution is 2.21.